The molecular weight excluding hydrogens is 484 g/mol. The van der Waals surface area contributed by atoms with Gasteiger partial charge in [-0.25, -0.2) is 4.98 Å². The molecule has 5 nitrogen and oxygen atoms in total. The number of rotatable bonds is 6. The Bertz CT molecular complexity index is 1170. The Hall–Kier alpha value is -3.08. The Morgan fingerprint density at radius 1 is 0.833 bits per heavy atom. The van der Waals surface area contributed by atoms with E-state index in [1.54, 1.807) is 0 Å². The van der Waals surface area contributed by atoms with Crippen LogP contribution in [0.4, 0.5) is 38.1 Å². The van der Waals surface area contributed by atoms with Crippen molar-refractivity contribution in [1.82, 2.24) is 15.3 Å². The van der Waals surface area contributed by atoms with Gasteiger partial charge in [-0.3, -0.25) is 0 Å². The number of hydrogen-bond acceptors (Lipinski definition) is 5. The molecule has 0 radical (unpaired) electrons. The molecule has 0 amide bonds. The second-order valence-electron chi connectivity index (χ2n) is 9.27. The number of aromatic nitrogens is 2. The van der Waals surface area contributed by atoms with Gasteiger partial charge in [0.2, 0.25) is 5.95 Å². The van der Waals surface area contributed by atoms with Crippen molar-refractivity contribution >= 4 is 22.7 Å². The van der Waals surface area contributed by atoms with Crippen LogP contribution in [0.2, 0.25) is 0 Å². The highest BCUT2D eigenvalue weighted by Gasteiger charge is 2.37. The molecule has 0 saturated heterocycles. The summed E-state index contributed by atoms with van der Waals surface area (Å²) < 4.78 is 78.6. The maximum Gasteiger partial charge on any atom is 0.416 e. The molecule has 0 atom stereocenters. The molecule has 0 spiro atoms. The van der Waals surface area contributed by atoms with Crippen molar-refractivity contribution in [3.8, 4) is 0 Å². The summed E-state index contributed by atoms with van der Waals surface area (Å²) in [6, 6.07) is 9.54. The van der Waals surface area contributed by atoms with Crippen molar-refractivity contribution in [2.45, 2.75) is 56.7 Å². The second-order valence-corrected chi connectivity index (χ2v) is 9.27. The van der Waals surface area contributed by atoms with Crippen molar-refractivity contribution in [2.75, 3.05) is 24.3 Å². The average molecular weight is 512 g/mol. The van der Waals surface area contributed by atoms with Crippen molar-refractivity contribution in [1.29, 1.82) is 0 Å². The van der Waals surface area contributed by atoms with E-state index in [0.29, 0.717) is 5.95 Å². The highest BCUT2D eigenvalue weighted by atomic mass is 19.4. The third-order valence-electron chi connectivity index (χ3n) is 6.31. The van der Waals surface area contributed by atoms with Crippen molar-refractivity contribution in [3.05, 3.63) is 59.2 Å². The molecule has 1 aliphatic rings. The van der Waals surface area contributed by atoms with Gasteiger partial charge in [0.25, 0.3) is 0 Å². The van der Waals surface area contributed by atoms with Gasteiger partial charge in [-0.05, 0) is 61.6 Å². The smallest absolute Gasteiger partial charge is 0.362 e. The molecule has 0 bridgehead atoms. The summed E-state index contributed by atoms with van der Waals surface area (Å²) in [5, 5.41) is 7.46. The molecule has 2 N–H and O–H groups in total. The van der Waals surface area contributed by atoms with Crippen LogP contribution in [-0.4, -0.2) is 36.1 Å². The number of fused-ring (bicyclic) bond motifs is 1. The number of nitrogens with zero attached hydrogens (tertiary/aromatic N) is 3. The highest BCUT2D eigenvalue weighted by Crippen LogP contribution is 2.36. The number of para-hydroxylation sites is 1. The quantitative estimate of drug-likeness (QED) is 0.384. The van der Waals surface area contributed by atoms with E-state index in [0.717, 1.165) is 54.5 Å². The molecule has 3 aromatic rings. The minimum Gasteiger partial charge on any atom is -0.362 e. The number of benzene rings is 2. The Kier molecular flexibility index (Phi) is 7.31. The Balaban J connectivity index is 1.37. The number of anilines is 2. The van der Waals surface area contributed by atoms with E-state index < -0.39 is 23.5 Å². The molecule has 1 aromatic heterocycles. The lowest BCUT2D eigenvalue weighted by molar-refractivity contribution is -0.143. The summed E-state index contributed by atoms with van der Waals surface area (Å²) >= 11 is 0. The molecule has 4 rings (SSSR count). The zero-order valence-corrected chi connectivity index (χ0v) is 19.8. The average Bonchev–Trinajstić information content (AvgIpc) is 2.82. The van der Waals surface area contributed by atoms with E-state index in [9.17, 15) is 26.3 Å². The maximum atomic E-state index is 13.1. The summed E-state index contributed by atoms with van der Waals surface area (Å²) in [4.78, 5) is 11.2. The van der Waals surface area contributed by atoms with Gasteiger partial charge in [0, 0.05) is 38.1 Å². The predicted molar refractivity (Wildman–Crippen MR) is 127 cm³/mol. The van der Waals surface area contributed by atoms with E-state index in [-0.39, 0.29) is 30.3 Å². The molecule has 1 saturated carbocycles. The van der Waals surface area contributed by atoms with Crippen LogP contribution >= 0.6 is 0 Å². The largest absolute Gasteiger partial charge is 0.416 e. The molecule has 36 heavy (non-hydrogen) atoms. The van der Waals surface area contributed by atoms with Crippen molar-refractivity contribution in [2.24, 2.45) is 0 Å². The van der Waals surface area contributed by atoms with E-state index >= 15 is 0 Å². The SMILES string of the molecule is CN(C)c1nc(NC2CCC(NCc3cc(C(F)(F)F)cc(C(F)(F)F)c3)CC2)nc2ccccc12. The first kappa shape index (κ1) is 26.0. The van der Waals surface area contributed by atoms with Crippen LogP contribution in [-0.2, 0) is 18.9 Å². The fraction of sp³-hybridized carbons (Fsp3) is 0.440. The summed E-state index contributed by atoms with van der Waals surface area (Å²) in [6.45, 7) is -0.0737. The van der Waals surface area contributed by atoms with Crippen molar-refractivity contribution in [3.63, 3.8) is 0 Å². The normalized spacial score (nSPS) is 18.9. The highest BCUT2D eigenvalue weighted by molar-refractivity contribution is 5.90. The number of nitrogens with one attached hydrogen (secondary N) is 2. The van der Waals surface area contributed by atoms with E-state index in [2.05, 4.69) is 20.6 Å². The van der Waals surface area contributed by atoms with Gasteiger partial charge in [-0.2, -0.15) is 31.3 Å². The first-order chi connectivity index (χ1) is 16.9. The fourth-order valence-corrected chi connectivity index (χ4v) is 4.47. The number of hydrogen-bond donors (Lipinski definition) is 2. The van der Waals surface area contributed by atoms with Gasteiger partial charge in [-0.15, -0.1) is 0 Å². The molecular formula is C25H27F6N5. The van der Waals surface area contributed by atoms with Crippen LogP contribution in [0.15, 0.2) is 42.5 Å². The lowest BCUT2D eigenvalue weighted by Crippen LogP contribution is -2.37. The molecule has 194 valence electrons. The van der Waals surface area contributed by atoms with Crippen LogP contribution in [0.1, 0.15) is 42.4 Å². The Morgan fingerprint density at radius 3 is 2.00 bits per heavy atom. The standard InChI is InChI=1S/C25H27F6N5/c1-36(2)22-20-5-3-4-6-21(20)34-23(35-22)33-19-9-7-18(8-10-19)32-14-15-11-16(24(26,27)28)13-17(12-15)25(29,30)31/h3-6,11-13,18-19,32H,7-10,14H2,1-2H3,(H,33,34,35). The molecule has 1 heterocycles. The minimum atomic E-state index is -4.85. The van der Waals surface area contributed by atoms with E-state index in [1.165, 1.54) is 0 Å². The Labute approximate surface area is 204 Å². The third kappa shape index (κ3) is 6.18. The number of halogens is 6. The van der Waals surface area contributed by atoms with Gasteiger partial charge in [0.15, 0.2) is 0 Å². The van der Waals surface area contributed by atoms with Crippen LogP contribution in [0.3, 0.4) is 0 Å². The molecule has 1 fully saturated rings. The fourth-order valence-electron chi connectivity index (χ4n) is 4.47. The lowest BCUT2D eigenvalue weighted by Gasteiger charge is -2.30. The molecule has 11 heteroatoms. The monoisotopic (exact) mass is 511 g/mol. The number of alkyl halides is 6. The zero-order chi connectivity index (χ0) is 26.1. The minimum absolute atomic E-state index is 0.0122. The van der Waals surface area contributed by atoms with Crippen LogP contribution in [0, 0.1) is 0 Å². The Morgan fingerprint density at radius 2 is 1.42 bits per heavy atom. The van der Waals surface area contributed by atoms with E-state index in [4.69, 9.17) is 0 Å². The van der Waals surface area contributed by atoms with Gasteiger partial charge in [-0.1, -0.05) is 12.1 Å². The zero-order valence-electron chi connectivity index (χ0n) is 19.8. The van der Waals surface area contributed by atoms with Crippen LogP contribution in [0.5, 0.6) is 0 Å². The molecule has 0 unspecified atom stereocenters. The first-order valence-corrected chi connectivity index (χ1v) is 11.6. The summed E-state index contributed by atoms with van der Waals surface area (Å²) in [6.07, 6.45) is -6.73. The van der Waals surface area contributed by atoms with Crippen LogP contribution in [0.25, 0.3) is 10.9 Å². The van der Waals surface area contributed by atoms with Gasteiger partial charge in [0.05, 0.1) is 16.6 Å². The van der Waals surface area contributed by atoms with Crippen molar-refractivity contribution < 1.29 is 26.3 Å². The second kappa shape index (κ2) is 10.1. The van der Waals surface area contributed by atoms with Gasteiger partial charge >= 0.3 is 12.4 Å². The van der Waals surface area contributed by atoms with E-state index in [1.807, 2.05) is 43.3 Å². The van der Waals surface area contributed by atoms with Crippen LogP contribution < -0.4 is 15.5 Å². The van der Waals surface area contributed by atoms with Gasteiger partial charge in [0.1, 0.15) is 5.82 Å². The molecule has 2 aromatic carbocycles. The topological polar surface area (TPSA) is 53.1 Å². The summed E-state index contributed by atoms with van der Waals surface area (Å²) in [5.41, 5.74) is -1.81. The summed E-state index contributed by atoms with van der Waals surface area (Å²) in [5.74, 6) is 1.33. The maximum absolute atomic E-state index is 13.1. The predicted octanol–water partition coefficient (Wildman–Crippen LogP) is 6.25. The summed E-state index contributed by atoms with van der Waals surface area (Å²) in [7, 11) is 3.83. The first-order valence-electron chi connectivity index (χ1n) is 11.6. The van der Waals surface area contributed by atoms with Gasteiger partial charge < -0.3 is 15.5 Å². The third-order valence-corrected chi connectivity index (χ3v) is 6.31. The lowest BCUT2D eigenvalue weighted by atomic mass is 9.91. The molecule has 0 aliphatic heterocycles. The molecule has 1 aliphatic carbocycles.